The van der Waals surface area contributed by atoms with Crippen LogP contribution in [0.3, 0.4) is 0 Å². The Labute approximate surface area is 429 Å². The van der Waals surface area contributed by atoms with Crippen LogP contribution in [-0.2, 0) is 28.7 Å². The van der Waals surface area contributed by atoms with E-state index in [2.05, 4.69) is 20.5 Å². The van der Waals surface area contributed by atoms with Gasteiger partial charge in [-0.25, -0.2) is 14.2 Å². The Bertz CT molecular complexity index is 2860. The number of carbonyl (C=O) groups is 4. The summed E-state index contributed by atoms with van der Waals surface area (Å²) in [4.78, 5) is 67.8. The van der Waals surface area contributed by atoms with E-state index in [0.29, 0.717) is 39.5 Å². The molecule has 4 aromatic carbocycles. The first-order valence-electron chi connectivity index (χ1n) is 23.6. The third-order valence-electron chi connectivity index (χ3n) is 12.8. The summed E-state index contributed by atoms with van der Waals surface area (Å²) < 4.78 is 32.8. The molecule has 72 heavy (non-hydrogen) atoms. The van der Waals surface area contributed by atoms with Gasteiger partial charge in [0.15, 0.2) is 10.8 Å². The Morgan fingerprint density at radius 3 is 2.25 bits per heavy atom. The first kappa shape index (κ1) is 53.2. The third kappa shape index (κ3) is 11.8. The number of hydrogen-bond donors (Lipinski definition) is 3. The number of aliphatic hydroxyl groups is 1. The lowest BCUT2D eigenvalue weighted by atomic mass is 9.85. The number of rotatable bonds is 18. The number of anilines is 2. The molecule has 0 unspecified atom stereocenters. The van der Waals surface area contributed by atoms with Crippen LogP contribution in [0.15, 0.2) is 90.4 Å². The summed E-state index contributed by atoms with van der Waals surface area (Å²) in [6.07, 6.45) is -0.832. The van der Waals surface area contributed by atoms with E-state index < -0.39 is 52.7 Å². The molecule has 1 aromatic heterocycles. The zero-order chi connectivity index (χ0) is 52.1. The molecule has 0 saturated carbocycles. The Morgan fingerprint density at radius 2 is 1.61 bits per heavy atom. The lowest BCUT2D eigenvalue weighted by Crippen LogP contribution is -2.58. The normalized spacial score (nSPS) is 17.4. The summed E-state index contributed by atoms with van der Waals surface area (Å²) in [5.41, 5.74) is 5.97. The molecule has 15 nitrogen and oxygen atoms in total. The molecule has 3 heterocycles. The van der Waals surface area contributed by atoms with Crippen molar-refractivity contribution in [3.63, 3.8) is 0 Å². The van der Waals surface area contributed by atoms with Gasteiger partial charge in [0.2, 0.25) is 17.7 Å². The molecule has 0 radical (unpaired) electrons. The summed E-state index contributed by atoms with van der Waals surface area (Å²) in [6.45, 7) is 22.2. The van der Waals surface area contributed by atoms with Crippen LogP contribution in [0.1, 0.15) is 70.8 Å². The predicted octanol–water partition coefficient (Wildman–Crippen LogP) is 8.48. The summed E-state index contributed by atoms with van der Waals surface area (Å²) in [6, 6.07) is 22.4. The Morgan fingerprint density at radius 1 is 0.944 bits per heavy atom. The number of benzene rings is 4. The smallest absolute Gasteiger partial charge is 0.259 e. The van der Waals surface area contributed by atoms with Crippen LogP contribution in [0, 0.1) is 31.7 Å². The van der Waals surface area contributed by atoms with E-state index in [1.807, 2.05) is 58.9 Å². The molecule has 5 aromatic rings. The van der Waals surface area contributed by atoms with Gasteiger partial charge >= 0.3 is 0 Å². The van der Waals surface area contributed by atoms with E-state index in [0.717, 1.165) is 21.7 Å². The SMILES string of the molecule is [C-]#[N+]c1ccc(N2C(=O)C(C)(C)N(c3ccc(-c4ccc(OCCOCCOCC(=O)N[C@H](C(=O)N5C[C@H](O)C[C@H]5C(=O)N[C@@H](C)c5ccc(-c6scnc6C)cc5)C(C)(C)C)cc4)c(F)c3)C2=S)cc1C. The number of hydrogen-bond acceptors (Lipinski definition) is 11. The van der Waals surface area contributed by atoms with Gasteiger partial charge in [-0.1, -0.05) is 63.2 Å². The Balaban J connectivity index is 0.832. The van der Waals surface area contributed by atoms with Crippen LogP contribution >= 0.6 is 23.6 Å². The van der Waals surface area contributed by atoms with Crippen LogP contribution in [0.2, 0.25) is 0 Å². The highest BCUT2D eigenvalue weighted by Gasteiger charge is 2.50. The van der Waals surface area contributed by atoms with Gasteiger partial charge in [0, 0.05) is 29.9 Å². The zero-order valence-corrected chi connectivity index (χ0v) is 43.3. The fourth-order valence-corrected chi connectivity index (χ4v) is 10.1. The van der Waals surface area contributed by atoms with Gasteiger partial charge in [0.25, 0.3) is 5.91 Å². The number of nitrogens with one attached hydrogen (secondary N) is 2. The predicted molar refractivity (Wildman–Crippen MR) is 279 cm³/mol. The zero-order valence-electron chi connectivity index (χ0n) is 41.7. The highest BCUT2D eigenvalue weighted by atomic mass is 32.1. The number of ether oxygens (including phenoxy) is 3. The molecule has 2 aliphatic heterocycles. The molecule has 0 aliphatic carbocycles. The lowest BCUT2D eigenvalue weighted by Gasteiger charge is -2.35. The minimum absolute atomic E-state index is 0.0436. The topological polar surface area (TPSA) is 167 Å². The van der Waals surface area contributed by atoms with Crippen molar-refractivity contribution in [1.29, 1.82) is 0 Å². The molecule has 4 atom stereocenters. The van der Waals surface area contributed by atoms with E-state index in [1.54, 1.807) is 97.1 Å². The fraction of sp³-hybridized carbons (Fsp3) is 0.389. The van der Waals surface area contributed by atoms with Crippen molar-refractivity contribution in [2.45, 2.75) is 91.6 Å². The fourth-order valence-electron chi connectivity index (χ4n) is 8.79. The summed E-state index contributed by atoms with van der Waals surface area (Å²) in [5, 5.41) is 16.6. The number of thiocarbonyl (C=S) groups is 1. The van der Waals surface area contributed by atoms with Crippen LogP contribution in [0.25, 0.3) is 26.4 Å². The Hall–Kier alpha value is -6.62. The standard InChI is InChI=1S/C54H60FN7O8S2/c1-32-26-38(17-21-44(32)56-9)61-51(67)54(7,8)62(52(61)71)39-16-20-42(43(55)27-39)36-14-18-41(19-15-36)70-25-24-68-22-23-69-30-46(64)59-48(53(4,5)6)50(66)60-29-40(63)28-45(60)49(65)58-33(2)35-10-12-37(13-11-35)47-34(3)57-31-72-47/h10-21,26-27,31,33,40,45,48,63H,22-25,28-30H2,1-8H3,(H,58,65)(H,59,64)/t33-,40+,45-,48+/m0/s1. The first-order valence-corrected chi connectivity index (χ1v) is 24.9. The van der Waals surface area contributed by atoms with Crippen LogP contribution in [0.4, 0.5) is 21.5 Å². The molecule has 2 fully saturated rings. The number of amides is 4. The van der Waals surface area contributed by atoms with Crippen molar-refractivity contribution in [2.24, 2.45) is 5.41 Å². The molecule has 378 valence electrons. The van der Waals surface area contributed by atoms with Crippen molar-refractivity contribution in [3.05, 3.63) is 124 Å². The van der Waals surface area contributed by atoms with Crippen molar-refractivity contribution in [3.8, 4) is 27.3 Å². The highest BCUT2D eigenvalue weighted by molar-refractivity contribution is 7.81. The number of nitrogens with zero attached hydrogens (tertiary/aromatic N) is 5. The monoisotopic (exact) mass is 1020 g/mol. The molecule has 0 spiro atoms. The molecule has 3 N–H and O–H groups in total. The number of β-amino-alcohol motifs (C(OH)–C–C–N with tert-alkyl or cyclic N) is 1. The molecule has 4 amide bonds. The second-order valence-electron chi connectivity index (χ2n) is 19.5. The number of thiazole rings is 1. The maximum absolute atomic E-state index is 15.8. The van der Waals surface area contributed by atoms with Crippen molar-refractivity contribution in [2.75, 3.05) is 49.4 Å². The number of carbonyl (C=O) groups excluding carboxylic acids is 4. The van der Waals surface area contributed by atoms with Crippen molar-refractivity contribution < 1.29 is 42.9 Å². The number of aromatic nitrogens is 1. The molecule has 2 aliphatic rings. The molecular formula is C54H60FN7O8S2. The van der Waals surface area contributed by atoms with Crippen LogP contribution < -0.4 is 25.2 Å². The quantitative estimate of drug-likeness (QED) is 0.0438. The van der Waals surface area contributed by atoms with Gasteiger partial charge in [-0.2, -0.15) is 0 Å². The number of halogens is 1. The van der Waals surface area contributed by atoms with Gasteiger partial charge < -0.3 is 39.8 Å². The van der Waals surface area contributed by atoms with E-state index in [4.69, 9.17) is 33.0 Å². The second kappa shape index (κ2) is 22.4. The number of likely N-dealkylation sites (tertiary alicyclic amines) is 1. The van der Waals surface area contributed by atoms with Gasteiger partial charge in [-0.15, -0.1) is 11.3 Å². The molecule has 0 bridgehead atoms. The minimum atomic E-state index is -1.10. The maximum Gasteiger partial charge on any atom is 0.259 e. The maximum atomic E-state index is 15.8. The largest absolute Gasteiger partial charge is 0.491 e. The van der Waals surface area contributed by atoms with E-state index in [-0.39, 0.29) is 63.1 Å². The van der Waals surface area contributed by atoms with Gasteiger partial charge in [-0.05, 0) is 117 Å². The summed E-state index contributed by atoms with van der Waals surface area (Å²) in [7, 11) is 0. The third-order valence-corrected chi connectivity index (χ3v) is 14.1. The van der Waals surface area contributed by atoms with Gasteiger partial charge in [0.05, 0.1) is 54.6 Å². The summed E-state index contributed by atoms with van der Waals surface area (Å²) in [5.74, 6) is -1.60. The van der Waals surface area contributed by atoms with Crippen molar-refractivity contribution >= 4 is 69.4 Å². The average Bonchev–Trinajstić information content (AvgIpc) is 4.00. The van der Waals surface area contributed by atoms with Crippen LogP contribution in [0.5, 0.6) is 5.75 Å². The molecule has 18 heteroatoms. The average molecular weight is 1020 g/mol. The van der Waals surface area contributed by atoms with Crippen LogP contribution in [-0.4, -0.2) is 107 Å². The number of aliphatic hydroxyl groups excluding tert-OH is 1. The van der Waals surface area contributed by atoms with E-state index in [9.17, 15) is 24.3 Å². The van der Waals surface area contributed by atoms with E-state index >= 15 is 4.39 Å². The Kier molecular flexibility index (Phi) is 16.6. The first-order chi connectivity index (χ1) is 34.2. The lowest BCUT2D eigenvalue weighted by molar-refractivity contribution is -0.144. The molecule has 7 rings (SSSR count). The minimum Gasteiger partial charge on any atom is -0.491 e. The second-order valence-corrected chi connectivity index (χ2v) is 20.7. The van der Waals surface area contributed by atoms with Gasteiger partial charge in [0.1, 0.15) is 42.4 Å². The van der Waals surface area contributed by atoms with Gasteiger partial charge in [-0.3, -0.25) is 24.1 Å². The summed E-state index contributed by atoms with van der Waals surface area (Å²) >= 11 is 7.34. The molecular weight excluding hydrogens is 958 g/mol. The highest BCUT2D eigenvalue weighted by Crippen LogP contribution is 2.39. The number of aryl methyl sites for hydroxylation is 2. The van der Waals surface area contributed by atoms with Crippen molar-refractivity contribution in [1.82, 2.24) is 20.5 Å². The molecule has 2 saturated heterocycles. The van der Waals surface area contributed by atoms with E-state index in [1.165, 1.54) is 15.9 Å².